The Morgan fingerprint density at radius 1 is 0.647 bits per heavy atom. The standard InChI is InChI=1S/C2H8N2.Co.3NO3/c3-1-2-4;;3*2-1(3)4/h1-4H2;;;;/q;+3;3*-1. The van der Waals surface area contributed by atoms with Gasteiger partial charge in [0.1, 0.15) is 0 Å². The van der Waals surface area contributed by atoms with Crippen molar-refractivity contribution in [3.63, 3.8) is 0 Å². The molecule has 0 amide bonds. The largest absolute Gasteiger partial charge is 3.00 e. The molecule has 15 heteroatoms. The quantitative estimate of drug-likeness (QED) is 0.402. The Bertz CT molecular complexity index is 146. The molecular formula is C2H8CoN5O9. The predicted molar refractivity (Wildman–Crippen MR) is 49.2 cm³/mol. The third-order valence-electron chi connectivity index (χ3n) is 0.167. The fourth-order valence-electron chi connectivity index (χ4n) is 0. The third-order valence-corrected chi connectivity index (χ3v) is 0.167. The van der Waals surface area contributed by atoms with Gasteiger partial charge in [-0.1, -0.05) is 0 Å². The average molecular weight is 305 g/mol. The Morgan fingerprint density at radius 3 is 0.706 bits per heavy atom. The van der Waals surface area contributed by atoms with E-state index in [1.54, 1.807) is 0 Å². The van der Waals surface area contributed by atoms with Crippen LogP contribution in [0.5, 0.6) is 0 Å². The van der Waals surface area contributed by atoms with Crippen LogP contribution in [0.15, 0.2) is 0 Å². The summed E-state index contributed by atoms with van der Waals surface area (Å²) in [5.41, 5.74) is 9.81. The molecular weight excluding hydrogens is 297 g/mol. The van der Waals surface area contributed by atoms with Crippen LogP contribution in [-0.2, 0) is 16.8 Å². The Labute approximate surface area is 103 Å². The van der Waals surface area contributed by atoms with Gasteiger partial charge in [0.2, 0.25) is 0 Å². The van der Waals surface area contributed by atoms with E-state index in [2.05, 4.69) is 0 Å². The molecule has 0 aliphatic carbocycles. The molecule has 0 saturated carbocycles. The second kappa shape index (κ2) is 29.2. The minimum atomic E-state index is -1.75. The molecule has 0 spiro atoms. The van der Waals surface area contributed by atoms with Gasteiger partial charge in [-0.05, 0) is 0 Å². The number of rotatable bonds is 1. The summed E-state index contributed by atoms with van der Waals surface area (Å²) in [7, 11) is 0. The first-order chi connectivity index (χ1) is 7.11. The number of hydrogen-bond donors (Lipinski definition) is 2. The van der Waals surface area contributed by atoms with Gasteiger partial charge in [-0.15, -0.1) is 0 Å². The van der Waals surface area contributed by atoms with Crippen LogP contribution in [0.3, 0.4) is 0 Å². The van der Waals surface area contributed by atoms with E-state index < -0.39 is 15.3 Å². The van der Waals surface area contributed by atoms with Crippen LogP contribution in [0, 0.1) is 46.0 Å². The van der Waals surface area contributed by atoms with Crippen LogP contribution in [0.2, 0.25) is 0 Å². The summed E-state index contributed by atoms with van der Waals surface area (Å²) in [6.45, 7) is 1.19. The van der Waals surface area contributed by atoms with E-state index in [9.17, 15) is 0 Å². The monoisotopic (exact) mass is 305 g/mol. The van der Waals surface area contributed by atoms with E-state index in [0.29, 0.717) is 13.1 Å². The maximum absolute atomic E-state index is 8.25. The van der Waals surface area contributed by atoms with Crippen molar-refractivity contribution in [2.75, 3.05) is 13.1 Å². The minimum Gasteiger partial charge on any atom is -0.356 e. The summed E-state index contributed by atoms with van der Waals surface area (Å²) in [6, 6.07) is 0. The molecule has 0 fully saturated rings. The van der Waals surface area contributed by atoms with Gasteiger partial charge in [-0.2, -0.15) is 0 Å². The molecule has 0 rings (SSSR count). The SMILES string of the molecule is NCCN.O=[N+]([O-])[O-].O=[N+]([O-])[O-].O=[N+]([O-])[O-].[Co+3]. The molecule has 0 radical (unpaired) electrons. The minimum absolute atomic E-state index is 0. The van der Waals surface area contributed by atoms with Crippen LogP contribution in [0.4, 0.5) is 0 Å². The van der Waals surface area contributed by atoms with Crippen molar-refractivity contribution < 1.29 is 32.0 Å². The van der Waals surface area contributed by atoms with Crippen molar-refractivity contribution >= 4 is 0 Å². The Balaban J connectivity index is -0.0000000369. The summed E-state index contributed by atoms with van der Waals surface area (Å²) in [5, 5.41) is 44.2. The molecule has 0 saturated heterocycles. The molecule has 0 aromatic heterocycles. The first kappa shape index (κ1) is 29.4. The van der Waals surface area contributed by atoms with Gasteiger partial charge < -0.3 is 57.4 Å². The summed E-state index contributed by atoms with van der Waals surface area (Å²) in [4.78, 5) is 24.8. The maximum atomic E-state index is 8.25. The van der Waals surface area contributed by atoms with Crippen molar-refractivity contribution in [2.45, 2.75) is 0 Å². The first-order valence-electron chi connectivity index (χ1n) is 2.96. The molecule has 0 aliphatic heterocycles. The predicted octanol–water partition coefficient (Wildman–Crippen LogP) is -1.82. The van der Waals surface area contributed by atoms with Crippen LogP contribution in [-0.4, -0.2) is 28.3 Å². The van der Waals surface area contributed by atoms with Gasteiger partial charge in [0.25, 0.3) is 0 Å². The zero-order valence-corrected chi connectivity index (χ0v) is 8.96. The van der Waals surface area contributed by atoms with E-state index in [1.165, 1.54) is 0 Å². The smallest absolute Gasteiger partial charge is 0.356 e. The van der Waals surface area contributed by atoms with Crippen molar-refractivity contribution in [1.29, 1.82) is 0 Å². The van der Waals surface area contributed by atoms with Crippen LogP contribution < -0.4 is 11.5 Å². The molecule has 0 aromatic rings. The summed E-state index contributed by atoms with van der Waals surface area (Å²) in [6.07, 6.45) is 0. The second-order valence-corrected chi connectivity index (χ2v) is 1.25. The van der Waals surface area contributed by atoms with Crippen LogP contribution >= 0.6 is 0 Å². The number of nitrogens with zero attached hydrogens (tertiary/aromatic N) is 3. The first-order valence-corrected chi connectivity index (χ1v) is 2.96. The number of hydrogen-bond acceptors (Lipinski definition) is 11. The van der Waals surface area contributed by atoms with E-state index in [1.807, 2.05) is 0 Å². The van der Waals surface area contributed by atoms with Gasteiger partial charge in [0, 0.05) is 13.1 Å². The molecule has 0 atom stereocenters. The molecule has 17 heavy (non-hydrogen) atoms. The Hall–Kier alpha value is -1.97. The van der Waals surface area contributed by atoms with E-state index in [0.717, 1.165) is 0 Å². The zero-order chi connectivity index (χ0) is 14.1. The third kappa shape index (κ3) is 2140. The van der Waals surface area contributed by atoms with Gasteiger partial charge in [0.05, 0.1) is 15.3 Å². The topological polar surface area (TPSA) is 251 Å². The van der Waals surface area contributed by atoms with Gasteiger partial charge in [-0.25, -0.2) is 0 Å². The normalized spacial score (nSPS) is 6.00. The van der Waals surface area contributed by atoms with Crippen molar-refractivity contribution in [1.82, 2.24) is 0 Å². The van der Waals surface area contributed by atoms with E-state index in [4.69, 9.17) is 57.4 Å². The summed E-state index contributed by atoms with van der Waals surface area (Å²) >= 11 is 0. The second-order valence-electron chi connectivity index (χ2n) is 1.25. The van der Waals surface area contributed by atoms with Gasteiger partial charge in [-0.3, -0.25) is 0 Å². The van der Waals surface area contributed by atoms with Gasteiger partial charge >= 0.3 is 16.8 Å². The summed E-state index contributed by atoms with van der Waals surface area (Å²) in [5.74, 6) is 0. The fraction of sp³-hybridized carbons (Fsp3) is 1.00. The molecule has 14 nitrogen and oxygen atoms in total. The number of nitrogens with two attached hydrogens (primary N) is 2. The molecule has 104 valence electrons. The van der Waals surface area contributed by atoms with E-state index >= 15 is 0 Å². The maximum Gasteiger partial charge on any atom is 3.00 e. The summed E-state index contributed by atoms with van der Waals surface area (Å²) < 4.78 is 0. The average Bonchev–Trinajstić information content (AvgIpc) is 2.00. The van der Waals surface area contributed by atoms with Crippen molar-refractivity contribution in [3.05, 3.63) is 46.0 Å². The van der Waals surface area contributed by atoms with E-state index in [-0.39, 0.29) is 16.8 Å². The van der Waals surface area contributed by atoms with Crippen LogP contribution in [0.25, 0.3) is 0 Å². The Kier molecular flexibility index (Phi) is 50.5. The molecule has 4 N–H and O–H groups in total. The fourth-order valence-corrected chi connectivity index (χ4v) is 0. The van der Waals surface area contributed by atoms with Crippen molar-refractivity contribution in [3.8, 4) is 0 Å². The molecule has 0 unspecified atom stereocenters. The Morgan fingerprint density at radius 2 is 0.706 bits per heavy atom. The van der Waals surface area contributed by atoms with Crippen molar-refractivity contribution in [2.24, 2.45) is 11.5 Å². The molecule has 0 bridgehead atoms. The molecule has 0 aliphatic rings. The molecule has 0 aromatic carbocycles. The molecule has 0 heterocycles. The van der Waals surface area contributed by atoms with Gasteiger partial charge in [0.15, 0.2) is 0 Å². The zero-order valence-electron chi connectivity index (χ0n) is 7.92. The van der Waals surface area contributed by atoms with Crippen LogP contribution in [0.1, 0.15) is 0 Å².